The van der Waals surface area contributed by atoms with E-state index in [1.54, 1.807) is 0 Å². The molecule has 0 aromatic heterocycles. The molecule has 1 rings (SSSR count). The van der Waals surface area contributed by atoms with Crippen LogP contribution in [0.5, 0.6) is 0 Å². The second-order valence-corrected chi connectivity index (χ2v) is 7.53. The number of amides is 1. The molecule has 0 saturated heterocycles. The summed E-state index contributed by atoms with van der Waals surface area (Å²) in [5, 5.41) is 3.22. The van der Waals surface area contributed by atoms with Crippen molar-refractivity contribution >= 4 is 5.91 Å². The Bertz CT molecular complexity index is 283. The number of hydrogen-bond donors (Lipinski definition) is 2. The summed E-state index contributed by atoms with van der Waals surface area (Å²) in [4.78, 5) is 12.1. The summed E-state index contributed by atoms with van der Waals surface area (Å²) >= 11 is 0. The number of nitrogens with two attached hydrogens (primary N) is 1. The first-order valence-electron chi connectivity index (χ1n) is 7.81. The van der Waals surface area contributed by atoms with Crippen LogP contribution in [0.25, 0.3) is 0 Å². The SMILES string of the molecule is CC(CC(=O)NC1CCCCC1CN)CC(C)(C)C. The fraction of sp³-hybridized carbons (Fsp3) is 0.938. The number of hydrogen-bond acceptors (Lipinski definition) is 2. The molecule has 112 valence electrons. The van der Waals surface area contributed by atoms with E-state index in [1.165, 1.54) is 19.3 Å². The highest BCUT2D eigenvalue weighted by Crippen LogP contribution is 2.27. The molecule has 3 nitrogen and oxygen atoms in total. The Morgan fingerprint density at radius 2 is 1.95 bits per heavy atom. The van der Waals surface area contributed by atoms with Gasteiger partial charge in [-0.3, -0.25) is 4.79 Å². The minimum Gasteiger partial charge on any atom is -0.353 e. The van der Waals surface area contributed by atoms with Gasteiger partial charge in [-0.05, 0) is 43.1 Å². The summed E-state index contributed by atoms with van der Waals surface area (Å²) in [5.41, 5.74) is 6.10. The molecule has 0 aliphatic heterocycles. The van der Waals surface area contributed by atoms with Crippen molar-refractivity contribution in [2.75, 3.05) is 6.54 Å². The van der Waals surface area contributed by atoms with Gasteiger partial charge in [-0.2, -0.15) is 0 Å². The van der Waals surface area contributed by atoms with Crippen molar-refractivity contribution < 1.29 is 4.79 Å². The van der Waals surface area contributed by atoms with Crippen LogP contribution < -0.4 is 11.1 Å². The smallest absolute Gasteiger partial charge is 0.220 e. The van der Waals surface area contributed by atoms with Gasteiger partial charge in [0.15, 0.2) is 0 Å². The Morgan fingerprint density at radius 3 is 2.53 bits per heavy atom. The van der Waals surface area contributed by atoms with Crippen molar-refractivity contribution in [3.05, 3.63) is 0 Å². The summed E-state index contributed by atoms with van der Waals surface area (Å²) in [5.74, 6) is 1.14. The first-order valence-corrected chi connectivity index (χ1v) is 7.81. The van der Waals surface area contributed by atoms with Gasteiger partial charge in [0.2, 0.25) is 5.91 Å². The van der Waals surface area contributed by atoms with E-state index < -0.39 is 0 Å². The molecule has 19 heavy (non-hydrogen) atoms. The molecule has 0 bridgehead atoms. The van der Waals surface area contributed by atoms with Gasteiger partial charge in [-0.25, -0.2) is 0 Å². The number of nitrogens with one attached hydrogen (secondary N) is 1. The summed E-state index contributed by atoms with van der Waals surface area (Å²) in [6.45, 7) is 9.56. The van der Waals surface area contributed by atoms with E-state index >= 15 is 0 Å². The highest BCUT2D eigenvalue weighted by atomic mass is 16.1. The molecular weight excluding hydrogens is 236 g/mol. The standard InChI is InChI=1S/C16H32N2O/c1-12(10-16(2,3)4)9-15(19)18-14-8-6-5-7-13(14)11-17/h12-14H,5-11,17H2,1-4H3,(H,18,19). The molecule has 1 fully saturated rings. The maximum atomic E-state index is 12.1. The van der Waals surface area contributed by atoms with Crippen LogP contribution in [-0.4, -0.2) is 18.5 Å². The van der Waals surface area contributed by atoms with Gasteiger partial charge in [0.05, 0.1) is 0 Å². The van der Waals surface area contributed by atoms with Crippen molar-refractivity contribution in [3.63, 3.8) is 0 Å². The van der Waals surface area contributed by atoms with Gasteiger partial charge in [0.25, 0.3) is 0 Å². The molecule has 0 aromatic carbocycles. The lowest BCUT2D eigenvalue weighted by molar-refractivity contribution is -0.123. The van der Waals surface area contributed by atoms with Crippen LogP contribution in [0.4, 0.5) is 0 Å². The fourth-order valence-corrected chi connectivity index (χ4v) is 3.38. The second-order valence-electron chi connectivity index (χ2n) is 7.53. The monoisotopic (exact) mass is 268 g/mol. The molecular formula is C16H32N2O. The molecule has 1 aliphatic carbocycles. The van der Waals surface area contributed by atoms with Crippen LogP contribution in [0, 0.1) is 17.3 Å². The van der Waals surface area contributed by atoms with Crippen molar-refractivity contribution in [2.24, 2.45) is 23.0 Å². The van der Waals surface area contributed by atoms with E-state index in [0.717, 1.165) is 12.8 Å². The van der Waals surface area contributed by atoms with Crippen molar-refractivity contribution in [2.45, 2.75) is 72.3 Å². The molecule has 1 saturated carbocycles. The lowest BCUT2D eigenvalue weighted by Crippen LogP contribution is -2.45. The second kappa shape index (κ2) is 7.28. The molecule has 3 unspecified atom stereocenters. The van der Waals surface area contributed by atoms with E-state index in [-0.39, 0.29) is 5.91 Å². The van der Waals surface area contributed by atoms with Gasteiger partial charge < -0.3 is 11.1 Å². The Morgan fingerprint density at radius 1 is 1.32 bits per heavy atom. The Labute approximate surface area is 118 Å². The highest BCUT2D eigenvalue weighted by Gasteiger charge is 2.26. The highest BCUT2D eigenvalue weighted by molar-refractivity contribution is 5.76. The predicted molar refractivity (Wildman–Crippen MR) is 80.8 cm³/mol. The van der Waals surface area contributed by atoms with Crippen LogP contribution in [0.1, 0.15) is 66.2 Å². The summed E-state index contributed by atoms with van der Waals surface area (Å²) < 4.78 is 0. The Kier molecular flexibility index (Phi) is 6.31. The van der Waals surface area contributed by atoms with Crippen molar-refractivity contribution in [1.82, 2.24) is 5.32 Å². The van der Waals surface area contributed by atoms with E-state index in [2.05, 4.69) is 33.0 Å². The summed E-state index contributed by atoms with van der Waals surface area (Å²) in [7, 11) is 0. The number of rotatable bonds is 5. The lowest BCUT2D eigenvalue weighted by atomic mass is 9.83. The van der Waals surface area contributed by atoms with E-state index in [0.29, 0.717) is 36.3 Å². The van der Waals surface area contributed by atoms with E-state index in [1.807, 2.05) is 0 Å². The minimum atomic E-state index is 0.210. The number of carbonyl (C=O) groups is 1. The van der Waals surface area contributed by atoms with Gasteiger partial charge in [-0.15, -0.1) is 0 Å². The van der Waals surface area contributed by atoms with Crippen LogP contribution in [0.2, 0.25) is 0 Å². The maximum absolute atomic E-state index is 12.1. The van der Waals surface area contributed by atoms with Crippen LogP contribution in [-0.2, 0) is 4.79 Å². The van der Waals surface area contributed by atoms with Gasteiger partial charge in [0.1, 0.15) is 0 Å². The summed E-state index contributed by atoms with van der Waals surface area (Å²) in [6, 6.07) is 0.313. The third-order valence-electron chi connectivity index (χ3n) is 4.05. The molecule has 0 spiro atoms. The zero-order chi connectivity index (χ0) is 14.5. The fourth-order valence-electron chi connectivity index (χ4n) is 3.38. The molecule has 1 aliphatic rings. The average Bonchev–Trinajstić information content (AvgIpc) is 2.26. The topological polar surface area (TPSA) is 55.1 Å². The zero-order valence-corrected chi connectivity index (χ0v) is 13.2. The molecule has 3 heteroatoms. The number of carbonyl (C=O) groups excluding carboxylic acids is 1. The third kappa shape index (κ3) is 6.42. The average molecular weight is 268 g/mol. The molecule has 0 aromatic rings. The van der Waals surface area contributed by atoms with Crippen molar-refractivity contribution in [3.8, 4) is 0 Å². The lowest BCUT2D eigenvalue weighted by Gasteiger charge is -2.32. The maximum Gasteiger partial charge on any atom is 0.220 e. The molecule has 0 heterocycles. The van der Waals surface area contributed by atoms with Crippen LogP contribution >= 0.6 is 0 Å². The van der Waals surface area contributed by atoms with E-state index in [9.17, 15) is 4.79 Å². The largest absolute Gasteiger partial charge is 0.353 e. The quantitative estimate of drug-likeness (QED) is 0.805. The van der Waals surface area contributed by atoms with Gasteiger partial charge in [0, 0.05) is 12.5 Å². The normalized spacial score (nSPS) is 25.9. The first-order chi connectivity index (χ1) is 8.81. The van der Waals surface area contributed by atoms with E-state index in [4.69, 9.17) is 5.73 Å². The molecule has 1 amide bonds. The van der Waals surface area contributed by atoms with Crippen LogP contribution in [0.15, 0.2) is 0 Å². The summed E-state index contributed by atoms with van der Waals surface area (Å²) in [6.07, 6.45) is 6.48. The Balaban J connectivity index is 2.37. The van der Waals surface area contributed by atoms with Gasteiger partial charge in [-0.1, -0.05) is 40.5 Å². The molecule has 3 atom stereocenters. The molecule has 0 radical (unpaired) electrons. The zero-order valence-electron chi connectivity index (χ0n) is 13.2. The third-order valence-corrected chi connectivity index (χ3v) is 4.05. The van der Waals surface area contributed by atoms with Crippen molar-refractivity contribution in [1.29, 1.82) is 0 Å². The minimum absolute atomic E-state index is 0.210. The first kappa shape index (κ1) is 16.5. The molecule has 3 N–H and O–H groups in total. The van der Waals surface area contributed by atoms with Gasteiger partial charge >= 0.3 is 0 Å². The van der Waals surface area contributed by atoms with Crippen LogP contribution in [0.3, 0.4) is 0 Å². The predicted octanol–water partition coefficient (Wildman–Crippen LogP) is 3.08. The Hall–Kier alpha value is -0.570.